The summed E-state index contributed by atoms with van der Waals surface area (Å²) in [6.07, 6.45) is -14.3. The molecule has 0 aromatic heterocycles. The van der Waals surface area contributed by atoms with Gasteiger partial charge in [0, 0.05) is 0 Å². The molecule has 4 nitrogen and oxygen atoms in total. The third-order valence-corrected chi connectivity index (χ3v) is 5.26. The molecule has 0 bridgehead atoms. The molecule has 1 aromatic carbocycles. The van der Waals surface area contributed by atoms with Gasteiger partial charge in [0.05, 0.1) is 4.90 Å². The van der Waals surface area contributed by atoms with Crippen molar-refractivity contribution in [3.63, 3.8) is 0 Å². The Bertz CT molecular complexity index is 1240. The summed E-state index contributed by atoms with van der Waals surface area (Å²) in [5, 5.41) is 0. The third kappa shape index (κ3) is 6.34. The molecular formula is C16H4F19NaO4S. The third-order valence-electron chi connectivity index (χ3n) is 4.41. The zero-order valence-corrected chi connectivity index (χ0v) is 21.3. The Hall–Kier alpha value is -1.66. The smallest absolute Gasteiger partial charge is 0.744 e. The quantitative estimate of drug-likeness (QED) is 0.213. The van der Waals surface area contributed by atoms with Crippen LogP contribution in [0.2, 0.25) is 0 Å². The molecule has 0 atom stereocenters. The van der Waals surface area contributed by atoms with Gasteiger partial charge in [-0.3, -0.25) is 0 Å². The summed E-state index contributed by atoms with van der Waals surface area (Å²) in [7, 11) is -5.39. The summed E-state index contributed by atoms with van der Waals surface area (Å²) >= 11 is 0. The average molecular weight is 676 g/mol. The van der Waals surface area contributed by atoms with E-state index in [0.717, 1.165) is 0 Å². The molecule has 0 radical (unpaired) electrons. The van der Waals surface area contributed by atoms with Crippen LogP contribution in [-0.2, 0) is 10.1 Å². The first-order chi connectivity index (χ1) is 17.2. The molecule has 0 unspecified atom stereocenters. The van der Waals surface area contributed by atoms with Gasteiger partial charge in [-0.05, 0) is 24.3 Å². The van der Waals surface area contributed by atoms with E-state index >= 15 is 0 Å². The van der Waals surface area contributed by atoms with E-state index in [9.17, 15) is 96.4 Å². The molecule has 0 fully saturated rings. The average Bonchev–Trinajstić information content (AvgIpc) is 2.75. The van der Waals surface area contributed by atoms with E-state index in [0.29, 0.717) is 0 Å². The molecule has 0 spiro atoms. The number of halogens is 19. The van der Waals surface area contributed by atoms with Gasteiger partial charge < -0.3 is 9.29 Å². The molecule has 0 saturated carbocycles. The normalized spacial score (nSPS) is 15.7. The second-order valence-corrected chi connectivity index (χ2v) is 8.50. The Morgan fingerprint density at radius 3 is 1.27 bits per heavy atom. The van der Waals surface area contributed by atoms with Crippen molar-refractivity contribution in [2.24, 2.45) is 0 Å². The largest absolute Gasteiger partial charge is 1.00 e. The minimum Gasteiger partial charge on any atom is -0.744 e. The first kappa shape index (κ1) is 39.3. The molecule has 0 aliphatic carbocycles. The summed E-state index contributed by atoms with van der Waals surface area (Å²) in [4.78, 5) is -1.34. The topological polar surface area (TPSA) is 66.4 Å². The van der Waals surface area contributed by atoms with E-state index in [1.165, 1.54) is 0 Å². The van der Waals surface area contributed by atoms with Crippen molar-refractivity contribution in [3.8, 4) is 5.75 Å². The van der Waals surface area contributed by atoms with Crippen LogP contribution in [0.25, 0.3) is 0 Å². The number of ether oxygens (including phenoxy) is 1. The first-order valence-corrected chi connectivity index (χ1v) is 10.2. The molecule has 232 valence electrons. The Labute approximate surface area is 235 Å². The zero-order chi connectivity index (χ0) is 32.3. The number of benzene rings is 1. The predicted octanol–water partition coefficient (Wildman–Crippen LogP) is 4.09. The van der Waals surface area contributed by atoms with Crippen molar-refractivity contribution in [1.82, 2.24) is 0 Å². The van der Waals surface area contributed by atoms with Gasteiger partial charge in [-0.25, -0.2) is 12.8 Å². The van der Waals surface area contributed by atoms with Gasteiger partial charge >= 0.3 is 77.4 Å². The van der Waals surface area contributed by atoms with Crippen LogP contribution in [0.3, 0.4) is 0 Å². The summed E-state index contributed by atoms with van der Waals surface area (Å²) < 4.78 is 287. The maximum Gasteiger partial charge on any atom is 1.00 e. The van der Waals surface area contributed by atoms with E-state index in [1.807, 2.05) is 0 Å². The predicted molar refractivity (Wildman–Crippen MR) is 85.0 cm³/mol. The van der Waals surface area contributed by atoms with Crippen LogP contribution >= 0.6 is 0 Å². The molecule has 0 aliphatic rings. The minimum atomic E-state index is -8.88. The van der Waals surface area contributed by atoms with Crippen LogP contribution in [0.5, 0.6) is 5.75 Å². The number of hydrogen-bond acceptors (Lipinski definition) is 4. The number of rotatable bonds is 10. The van der Waals surface area contributed by atoms with E-state index < -0.39 is 80.2 Å². The van der Waals surface area contributed by atoms with E-state index in [1.54, 1.807) is 0 Å². The van der Waals surface area contributed by atoms with Crippen LogP contribution < -0.4 is 34.3 Å². The molecular weight excluding hydrogens is 672 g/mol. The van der Waals surface area contributed by atoms with Crippen molar-refractivity contribution < 1.29 is 131 Å². The van der Waals surface area contributed by atoms with Gasteiger partial charge in [0.15, 0.2) is 0 Å². The fourth-order valence-corrected chi connectivity index (χ4v) is 2.73. The Balaban J connectivity index is 0.0000160. The molecule has 41 heavy (non-hydrogen) atoms. The summed E-state index contributed by atoms with van der Waals surface area (Å²) in [5.74, 6) is -63.6. The molecule has 1 aromatic rings. The summed E-state index contributed by atoms with van der Waals surface area (Å²) in [5.41, 5.74) is 0. The van der Waals surface area contributed by atoms with Gasteiger partial charge in [0.25, 0.3) is 0 Å². The van der Waals surface area contributed by atoms with E-state index in [4.69, 9.17) is 0 Å². The molecule has 1 rings (SSSR count). The second kappa shape index (κ2) is 11.1. The molecule has 0 saturated heterocycles. The fraction of sp³-hybridized carbons (Fsp3) is 0.500. The SMILES string of the molecule is O=S(=O)([O-])c1ccc(OC(F)(F)C(F)(F)C(F)(F)C(F)(F)C(F)(F)C(F)(F)C(F)(F)/C(F)=C(\F)C(F)(F)F)cc1.[Na+]. The van der Waals surface area contributed by atoms with Gasteiger partial charge in [0.2, 0.25) is 11.7 Å². The van der Waals surface area contributed by atoms with E-state index in [2.05, 4.69) is 4.74 Å². The van der Waals surface area contributed by atoms with E-state index in [-0.39, 0.29) is 53.8 Å². The van der Waals surface area contributed by atoms with Crippen molar-refractivity contribution in [1.29, 1.82) is 0 Å². The molecule has 25 heteroatoms. The van der Waals surface area contributed by atoms with Gasteiger partial charge in [-0.2, -0.15) is 79.0 Å². The van der Waals surface area contributed by atoms with Gasteiger partial charge in [-0.1, -0.05) is 0 Å². The Morgan fingerprint density at radius 1 is 0.585 bits per heavy atom. The second-order valence-electron chi connectivity index (χ2n) is 7.12. The van der Waals surface area contributed by atoms with Crippen molar-refractivity contribution in [2.75, 3.05) is 0 Å². The van der Waals surface area contributed by atoms with Crippen LogP contribution in [0, 0.1) is 0 Å². The monoisotopic (exact) mass is 676 g/mol. The minimum absolute atomic E-state index is 0. The van der Waals surface area contributed by atoms with Crippen LogP contribution in [-0.4, -0.2) is 60.8 Å². The Kier molecular flexibility index (Phi) is 10.7. The maximum absolute atomic E-state index is 13.8. The first-order valence-electron chi connectivity index (χ1n) is 8.77. The van der Waals surface area contributed by atoms with Crippen molar-refractivity contribution in [3.05, 3.63) is 35.9 Å². The maximum atomic E-state index is 13.8. The van der Waals surface area contributed by atoms with Gasteiger partial charge in [0.1, 0.15) is 15.9 Å². The number of alkyl halides is 17. The summed E-state index contributed by atoms with van der Waals surface area (Å²) in [6.45, 7) is 0. The Morgan fingerprint density at radius 2 is 0.927 bits per heavy atom. The fourth-order valence-electron chi connectivity index (χ4n) is 2.26. The summed E-state index contributed by atoms with van der Waals surface area (Å²) in [6, 6.07) is -0.507. The molecule has 0 aliphatic heterocycles. The molecule has 0 heterocycles. The standard InChI is InChI=1S/C16H5F19O4S.Na/c17-7(8(18)10(21,22)23)9(19,20)11(24,25)12(26,27)13(28,29)14(30,31)15(32,33)16(34,35)39-5-1-3-6(4-2-5)40(36,37)38;/h1-4H,(H,36,37,38);/q;+1/p-1/b8-7+;. The van der Waals surface area contributed by atoms with Crippen LogP contribution in [0.4, 0.5) is 83.4 Å². The number of hydrogen-bond donors (Lipinski definition) is 0. The zero-order valence-electron chi connectivity index (χ0n) is 18.5. The van der Waals surface area contributed by atoms with Crippen molar-refractivity contribution in [2.45, 2.75) is 52.7 Å². The van der Waals surface area contributed by atoms with Crippen LogP contribution in [0.15, 0.2) is 40.8 Å². The number of allylic oxidation sites excluding steroid dienone is 2. The van der Waals surface area contributed by atoms with Crippen molar-refractivity contribution >= 4 is 10.1 Å². The molecule has 0 N–H and O–H groups in total. The molecule has 0 amide bonds. The van der Waals surface area contributed by atoms with Crippen LogP contribution in [0.1, 0.15) is 0 Å². The van der Waals surface area contributed by atoms with Gasteiger partial charge in [-0.15, -0.1) is 0 Å².